The van der Waals surface area contributed by atoms with Gasteiger partial charge in [0, 0.05) is 71.6 Å². The number of benzene rings is 1. The Balaban J connectivity index is 1.17. The van der Waals surface area contributed by atoms with Crippen molar-refractivity contribution >= 4 is 110 Å². The third-order valence-electron chi connectivity index (χ3n) is 20.1. The molecule has 0 spiro atoms. The van der Waals surface area contributed by atoms with Gasteiger partial charge in [-0.1, -0.05) is 300 Å². The molecule has 0 aliphatic carbocycles. The van der Waals surface area contributed by atoms with E-state index in [2.05, 4.69) is 128 Å². The highest BCUT2D eigenvalue weighted by Gasteiger charge is 2.39. The quantitative estimate of drug-likeness (QED) is 0.0357. The number of amides is 2. The molecule has 7 heterocycles. The average Bonchev–Trinajstić information content (AvgIpc) is 1.57. The van der Waals surface area contributed by atoms with E-state index in [9.17, 15) is 0 Å². The van der Waals surface area contributed by atoms with Crippen molar-refractivity contribution in [2.45, 2.75) is 337 Å². The van der Waals surface area contributed by atoms with Gasteiger partial charge in [0.1, 0.15) is 0 Å². The Hall–Kier alpha value is -3.08. The molecule has 0 saturated heterocycles. The van der Waals surface area contributed by atoms with E-state index in [1.807, 2.05) is 34.0 Å². The van der Waals surface area contributed by atoms with Gasteiger partial charge in [-0.3, -0.25) is 9.59 Å². The molecule has 0 fully saturated rings. The second kappa shape index (κ2) is 38.0. The molecule has 0 radical (unpaired) electrons. The number of anilines is 2. The third-order valence-corrected chi connectivity index (χ3v) is 26.9. The molecule has 2 aliphatic rings. The van der Waals surface area contributed by atoms with Crippen LogP contribution in [0.15, 0.2) is 48.5 Å². The van der Waals surface area contributed by atoms with Crippen LogP contribution >= 0.6 is 56.7 Å². The van der Waals surface area contributed by atoms with Crippen LogP contribution in [0.4, 0.5) is 11.4 Å². The van der Waals surface area contributed by atoms with Crippen molar-refractivity contribution < 1.29 is 9.59 Å². The van der Waals surface area contributed by atoms with E-state index in [1.165, 1.54) is 269 Å². The summed E-state index contributed by atoms with van der Waals surface area (Å²) in [6.45, 7) is 24.6. The normalized spacial score (nSPS) is 14.4. The summed E-state index contributed by atoms with van der Waals surface area (Å²) in [6.07, 6.45) is 52.4. The minimum Gasteiger partial charge on any atom is -0.307 e. The molecule has 0 N–H and O–H groups in total. The fourth-order valence-electron chi connectivity index (χ4n) is 14.4. The van der Waals surface area contributed by atoms with Crippen molar-refractivity contribution in [2.24, 2.45) is 11.8 Å². The van der Waals surface area contributed by atoms with E-state index < -0.39 is 0 Å². The molecule has 9 heteroatoms. The highest BCUT2D eigenvalue weighted by atomic mass is 32.1. The molecule has 2 amide bonds. The van der Waals surface area contributed by atoms with E-state index in [0.717, 1.165) is 81.5 Å². The second-order valence-electron chi connectivity index (χ2n) is 30.2. The number of unbranched alkanes of at least 4 members (excludes halogenated alkanes) is 32. The van der Waals surface area contributed by atoms with Crippen molar-refractivity contribution in [3.63, 3.8) is 0 Å². The van der Waals surface area contributed by atoms with E-state index >= 15 is 9.59 Å². The lowest BCUT2D eigenvalue weighted by Gasteiger charge is -2.27. The van der Waals surface area contributed by atoms with E-state index in [1.54, 1.807) is 22.7 Å². The van der Waals surface area contributed by atoms with Gasteiger partial charge in [-0.25, -0.2) is 0 Å². The number of carbonyl (C=O) groups is 2. The lowest BCUT2D eigenvalue weighted by molar-refractivity contribution is -0.114. The maximum Gasteiger partial charge on any atom is 0.260 e. The molecule has 5 aromatic heterocycles. The summed E-state index contributed by atoms with van der Waals surface area (Å²) in [4.78, 5) is 44.1. The van der Waals surface area contributed by atoms with E-state index in [4.69, 9.17) is 0 Å². The molecule has 8 rings (SSSR count). The minimum atomic E-state index is 0.0617. The Kier molecular flexibility index (Phi) is 30.8. The van der Waals surface area contributed by atoms with Gasteiger partial charge in [-0.2, -0.15) is 0 Å². The van der Waals surface area contributed by atoms with Crippen LogP contribution in [-0.2, 0) is 20.4 Å². The SMILES string of the molecule is CCCCCCCCCCCCC(CCCCCCCCCC)CN1C(=O)C(c2cc3sc(-c4ccc(C(C)(C)C)s4)cc3s2)=c2cc3c(cc21)=C(c1cc2sc(C(C)(C)C)cc2s1)C(=O)N3CC(CCCCCCCCCC)CCCCCCCCCCCC. The van der Waals surface area contributed by atoms with Crippen LogP contribution in [0.3, 0.4) is 0 Å². The first-order valence-corrected chi connectivity index (χ1v) is 42.0. The summed E-state index contributed by atoms with van der Waals surface area (Å²) in [5.41, 5.74) is 3.91. The van der Waals surface area contributed by atoms with Crippen LogP contribution in [0.5, 0.6) is 0 Å². The topological polar surface area (TPSA) is 40.6 Å². The number of nitrogens with zero attached hydrogens (tertiary/aromatic N) is 2. The third kappa shape index (κ3) is 21.7. The molecular formula is C82H124N2O2S5. The Morgan fingerprint density at radius 3 is 0.934 bits per heavy atom. The van der Waals surface area contributed by atoms with Gasteiger partial charge in [0.05, 0.1) is 22.5 Å². The molecule has 2 unspecified atom stereocenters. The predicted molar refractivity (Wildman–Crippen MR) is 410 cm³/mol. The average molecular weight is 1330 g/mol. The summed E-state index contributed by atoms with van der Waals surface area (Å²) < 4.78 is 5.06. The summed E-state index contributed by atoms with van der Waals surface area (Å²) >= 11 is 9.29. The summed E-state index contributed by atoms with van der Waals surface area (Å²) in [5, 5.41) is 2.07. The molecule has 1 aromatic carbocycles. The molecule has 504 valence electrons. The summed E-state index contributed by atoms with van der Waals surface area (Å²) in [5.74, 6) is 1.16. The zero-order chi connectivity index (χ0) is 64.6. The van der Waals surface area contributed by atoms with Crippen molar-refractivity contribution in [3.8, 4) is 9.75 Å². The van der Waals surface area contributed by atoms with Gasteiger partial charge in [0.15, 0.2) is 0 Å². The highest BCUT2D eigenvalue weighted by Crippen LogP contribution is 2.46. The van der Waals surface area contributed by atoms with Gasteiger partial charge in [0.2, 0.25) is 0 Å². The van der Waals surface area contributed by atoms with E-state index in [0.29, 0.717) is 11.8 Å². The molecule has 91 heavy (non-hydrogen) atoms. The van der Waals surface area contributed by atoms with Crippen LogP contribution < -0.4 is 20.2 Å². The number of hydrogen-bond acceptors (Lipinski definition) is 7. The lowest BCUT2D eigenvalue weighted by Crippen LogP contribution is -2.35. The smallest absolute Gasteiger partial charge is 0.260 e. The molecule has 6 aromatic rings. The van der Waals surface area contributed by atoms with Crippen molar-refractivity contribution in [1.82, 2.24) is 0 Å². The second-order valence-corrected chi connectivity index (χ2v) is 35.7. The maximum absolute atomic E-state index is 16.1. The number of hydrogen-bond donors (Lipinski definition) is 0. The van der Waals surface area contributed by atoms with Gasteiger partial charge in [-0.05, 0) is 96.9 Å². The van der Waals surface area contributed by atoms with Gasteiger partial charge >= 0.3 is 0 Å². The molecule has 2 atom stereocenters. The molecule has 2 aliphatic heterocycles. The first kappa shape index (κ1) is 73.7. The Bertz CT molecular complexity index is 3190. The van der Waals surface area contributed by atoms with Gasteiger partial charge in [-0.15, -0.1) is 56.7 Å². The molecule has 0 saturated carbocycles. The maximum atomic E-state index is 16.1. The van der Waals surface area contributed by atoms with E-state index in [-0.39, 0.29) is 22.6 Å². The van der Waals surface area contributed by atoms with Crippen molar-refractivity contribution in [1.29, 1.82) is 0 Å². The van der Waals surface area contributed by atoms with Crippen LogP contribution in [0.2, 0.25) is 0 Å². The largest absolute Gasteiger partial charge is 0.307 e. The fourth-order valence-corrected chi connectivity index (χ4v) is 20.5. The van der Waals surface area contributed by atoms with Gasteiger partial charge < -0.3 is 9.80 Å². The van der Waals surface area contributed by atoms with Crippen molar-refractivity contribution in [2.75, 3.05) is 22.9 Å². The summed E-state index contributed by atoms with van der Waals surface area (Å²) in [6, 6.07) is 18.8. The van der Waals surface area contributed by atoms with Crippen LogP contribution in [0.1, 0.15) is 346 Å². The van der Waals surface area contributed by atoms with Crippen molar-refractivity contribution in [3.05, 3.63) is 78.5 Å². The zero-order valence-electron chi connectivity index (χ0n) is 59.2. The molecular weight excluding hydrogens is 1210 g/mol. The molecule has 0 bridgehead atoms. The molecule has 4 nitrogen and oxygen atoms in total. The first-order valence-electron chi connectivity index (χ1n) is 37.9. The zero-order valence-corrected chi connectivity index (χ0v) is 63.3. The van der Waals surface area contributed by atoms with Gasteiger partial charge in [0.25, 0.3) is 11.8 Å². The standard InChI is InChI=1S/C82H124N2O2S5/c1-11-15-19-23-27-31-33-37-41-45-49-61(47-43-39-35-29-25-21-17-13-3)59-83-65-54-64-66(53-63(65)77(79(83)85)73-56-70-69(88-73)55-68(87-70)67-51-52-75(90-67)81(5,6)7)84(80(86)78(64)74-57-71-72(89-74)58-76(91-71)82(8,9)10)60-62(48-44-40-36-30-26-22-18-14-4)50-46-42-38-34-32-28-24-20-16-12-2/h51-58,61-62H,11-50,59-60H2,1-10H3. The number of rotatable bonds is 47. The van der Waals surface area contributed by atoms with Crippen LogP contribution in [-0.4, -0.2) is 24.9 Å². The fraction of sp³-hybridized carbons (Fsp3) is 0.683. The first-order chi connectivity index (χ1) is 44.1. The highest BCUT2D eigenvalue weighted by molar-refractivity contribution is 7.31. The summed E-state index contributed by atoms with van der Waals surface area (Å²) in [7, 11) is 0. The predicted octanol–water partition coefficient (Wildman–Crippen LogP) is 26.6. The monoisotopic (exact) mass is 1330 g/mol. The Morgan fingerprint density at radius 1 is 0.319 bits per heavy atom. The Morgan fingerprint density at radius 2 is 0.615 bits per heavy atom. The Labute approximate surface area is 575 Å². The lowest BCUT2D eigenvalue weighted by atomic mass is 9.93. The number of carbonyl (C=O) groups excluding carboxylic acids is 2. The number of fused-ring (bicyclic) bond motifs is 4. The van der Waals surface area contributed by atoms with Crippen LogP contribution in [0, 0.1) is 11.8 Å². The number of thiophene rings is 5. The minimum absolute atomic E-state index is 0.0617. The van der Waals surface area contributed by atoms with Crippen LogP contribution in [0.25, 0.3) is 39.7 Å².